The maximum atomic E-state index is 15.8. The Balaban J connectivity index is 1.05. The minimum absolute atomic E-state index is 0.0240. The summed E-state index contributed by atoms with van der Waals surface area (Å²) in [6.45, 7) is 20.0. The highest BCUT2D eigenvalue weighted by Crippen LogP contribution is 2.58. The number of hydrogen-bond donors (Lipinski definition) is 0. The van der Waals surface area contributed by atoms with Crippen molar-refractivity contribution in [2.75, 3.05) is 132 Å². The molecule has 0 N–H and O–H groups in total. The van der Waals surface area contributed by atoms with E-state index in [1.54, 1.807) is 41.5 Å². The van der Waals surface area contributed by atoms with Gasteiger partial charge in [0.15, 0.2) is 0 Å². The second kappa shape index (κ2) is 31.4. The van der Waals surface area contributed by atoms with Gasteiger partial charge < -0.3 is 94.7 Å². The Morgan fingerprint density at radius 3 is 0.471 bits per heavy atom. The van der Waals surface area contributed by atoms with Gasteiger partial charge in [0.1, 0.15) is 127 Å². The fourth-order valence-electron chi connectivity index (χ4n) is 15.0. The zero-order chi connectivity index (χ0) is 73.9. The molecule has 19 unspecified atom stereocenters. The van der Waals surface area contributed by atoms with Gasteiger partial charge in [0.2, 0.25) is 0 Å². The highest BCUT2D eigenvalue weighted by molar-refractivity contribution is 5.88. The second-order valence-electron chi connectivity index (χ2n) is 33.4. The van der Waals surface area contributed by atoms with E-state index in [0.717, 1.165) is 0 Å². The Kier molecular flexibility index (Phi) is 24.3. The minimum atomic E-state index is -2.07. The van der Waals surface area contributed by atoms with Crippen LogP contribution in [0.15, 0.2) is 0 Å². The van der Waals surface area contributed by atoms with Crippen LogP contribution in [0.25, 0.3) is 0 Å². The van der Waals surface area contributed by atoms with E-state index in [1.165, 1.54) is 41.5 Å². The fraction of sp³-hybridized carbons (Fsp3) is 0.861. The second-order valence-corrected chi connectivity index (χ2v) is 33.4. The first kappa shape index (κ1) is 78.9. The summed E-state index contributed by atoms with van der Waals surface area (Å²) >= 11 is 0. The fourth-order valence-corrected chi connectivity index (χ4v) is 15.0. The molecule has 0 spiro atoms. The van der Waals surface area contributed by atoms with Gasteiger partial charge in [-0.3, -0.25) is 47.9 Å². The maximum absolute atomic E-state index is 15.8. The molecule has 574 valence electrons. The Labute approximate surface area is 594 Å². The van der Waals surface area contributed by atoms with E-state index >= 15 is 33.6 Å². The van der Waals surface area contributed by atoms with Gasteiger partial charge >= 0.3 is 59.7 Å². The molecule has 0 amide bonds. The van der Waals surface area contributed by atoms with E-state index in [1.807, 2.05) is 0 Å². The van der Waals surface area contributed by atoms with Gasteiger partial charge in [0.05, 0.1) is 120 Å². The number of rotatable bonds is 49. The van der Waals surface area contributed by atoms with Crippen molar-refractivity contribution < 1.29 is 143 Å². The van der Waals surface area contributed by atoms with E-state index < -0.39 is 195 Å². The van der Waals surface area contributed by atoms with Crippen LogP contribution in [0.4, 0.5) is 0 Å². The summed E-state index contributed by atoms with van der Waals surface area (Å²) in [5, 5.41) is 0. The lowest BCUT2D eigenvalue weighted by Crippen LogP contribution is -2.52. The number of esters is 10. The average Bonchev–Trinajstić information content (AvgIpc) is 1.37. The van der Waals surface area contributed by atoms with Gasteiger partial charge in [-0.2, -0.15) is 0 Å². The van der Waals surface area contributed by atoms with Crippen LogP contribution < -0.4 is 0 Å². The molecule has 0 aromatic carbocycles. The SMILES string of the molecule is CCC(C)(CC(C)(CC(C)(CC(C)(CC(C)(CC(C)(CC(C)(CC(C)(CC(C)(CC(C)(C)C(=O)OCC1CO1)C(=O)OCC1CO1)C(=O)OCC1CO1)C(=O)OCC1CO1)C(=O)OCC1CO1)C(=O)OCC1CO1)C(=O)OCC1CO1)C(=O)OCC1CO1)C(=O)OCC1CO1)C(=O)OCC1CO1. The standard InChI is InChI=1S/C72H106O30/c1-13-64(4,54(74)94-25-44-15-84-44)35-66(6,56(76)96-27-46-17-86-46)37-68(8,58(78)98-29-48-19-88-48)39-70(10,60(80)100-31-50-21-90-50)41-72(12,62(82)102-33-52-23-92-52)42-71(11,61(81)101-32-51-22-91-51)40-69(9,59(79)99-30-49-20-89-49)38-67(7,57(77)97-28-47-18-87-47)36-65(5,55(75)95-26-45-16-85-45)34-63(2,3)53(73)93-24-43-14-83-43/h43-52H,13-42H2,1-12H3. The molecule has 0 aliphatic carbocycles. The van der Waals surface area contributed by atoms with E-state index in [9.17, 15) is 14.4 Å². The Morgan fingerprint density at radius 1 is 0.216 bits per heavy atom. The smallest absolute Gasteiger partial charge is 0.311 e. The Hall–Kier alpha value is -5.70. The van der Waals surface area contributed by atoms with Gasteiger partial charge in [-0.1, -0.05) is 6.92 Å². The quantitative estimate of drug-likeness (QED) is 0.0462. The minimum Gasteiger partial charge on any atom is -0.462 e. The summed E-state index contributed by atoms with van der Waals surface area (Å²) in [4.78, 5) is 152. The molecule has 10 aliphatic heterocycles. The summed E-state index contributed by atoms with van der Waals surface area (Å²) in [6.07, 6.45) is -8.32. The molecule has 10 rings (SSSR count). The number of carbonyl (C=O) groups excluding carboxylic acids is 10. The van der Waals surface area contributed by atoms with Gasteiger partial charge in [0.25, 0.3) is 0 Å². The van der Waals surface area contributed by atoms with Crippen LogP contribution in [0, 0.1) is 54.1 Å². The number of ether oxygens (including phenoxy) is 20. The Bertz CT molecular complexity index is 3060. The molecule has 0 saturated carbocycles. The predicted molar refractivity (Wildman–Crippen MR) is 346 cm³/mol. The molecular weight excluding hydrogens is 1340 g/mol. The van der Waals surface area contributed by atoms with Crippen molar-refractivity contribution in [3.05, 3.63) is 0 Å². The third kappa shape index (κ3) is 22.4. The largest absolute Gasteiger partial charge is 0.462 e. The molecule has 19 atom stereocenters. The average molecular weight is 1450 g/mol. The highest BCUT2D eigenvalue weighted by Gasteiger charge is 2.62. The summed E-state index contributed by atoms with van der Waals surface area (Å²) < 4.78 is 114. The molecule has 0 bridgehead atoms. The molecule has 0 aromatic rings. The van der Waals surface area contributed by atoms with E-state index in [2.05, 4.69) is 0 Å². The van der Waals surface area contributed by atoms with Crippen molar-refractivity contribution in [2.24, 2.45) is 54.1 Å². The third-order valence-corrected chi connectivity index (χ3v) is 20.9. The van der Waals surface area contributed by atoms with Crippen LogP contribution >= 0.6 is 0 Å². The zero-order valence-corrected chi connectivity index (χ0v) is 61.2. The molecule has 10 saturated heterocycles. The van der Waals surface area contributed by atoms with E-state index in [-0.39, 0.29) is 149 Å². The van der Waals surface area contributed by atoms with Gasteiger partial charge in [-0.05, 0) is 140 Å². The molecule has 10 heterocycles. The molecule has 30 heteroatoms. The predicted octanol–water partition coefficient (Wildman–Crippen LogP) is 4.41. The number of carbonyl (C=O) groups is 10. The molecule has 0 radical (unpaired) electrons. The molecule has 102 heavy (non-hydrogen) atoms. The summed E-state index contributed by atoms with van der Waals surface area (Å²) in [7, 11) is 0. The lowest BCUT2D eigenvalue weighted by atomic mass is 9.56. The normalized spacial score (nSPS) is 29.7. The maximum Gasteiger partial charge on any atom is 0.311 e. The topological polar surface area (TPSA) is 388 Å². The van der Waals surface area contributed by atoms with Crippen LogP contribution in [0.2, 0.25) is 0 Å². The first-order valence-electron chi connectivity index (χ1n) is 35.8. The first-order chi connectivity index (χ1) is 47.9. The summed E-state index contributed by atoms with van der Waals surface area (Å²) in [6, 6.07) is 0. The third-order valence-electron chi connectivity index (χ3n) is 20.9. The number of epoxide rings is 10. The zero-order valence-electron chi connectivity index (χ0n) is 61.2. The lowest BCUT2D eigenvalue weighted by Gasteiger charge is -2.47. The van der Waals surface area contributed by atoms with Crippen LogP contribution in [0.1, 0.15) is 147 Å². The number of hydrogen-bond acceptors (Lipinski definition) is 30. The molecule has 30 nitrogen and oxygen atoms in total. The van der Waals surface area contributed by atoms with Crippen molar-refractivity contribution in [2.45, 2.75) is 208 Å². The van der Waals surface area contributed by atoms with Gasteiger partial charge in [0, 0.05) is 0 Å². The summed E-state index contributed by atoms with van der Waals surface area (Å²) in [5.74, 6) is -8.40. The van der Waals surface area contributed by atoms with Crippen molar-refractivity contribution in [3.63, 3.8) is 0 Å². The van der Waals surface area contributed by atoms with Crippen molar-refractivity contribution in [1.29, 1.82) is 0 Å². The molecule has 10 aliphatic rings. The lowest BCUT2D eigenvalue weighted by molar-refractivity contribution is -0.177. The first-order valence-corrected chi connectivity index (χ1v) is 35.8. The van der Waals surface area contributed by atoms with Crippen molar-refractivity contribution >= 4 is 59.7 Å². The highest BCUT2D eigenvalue weighted by atomic mass is 16.7. The van der Waals surface area contributed by atoms with E-state index in [0.29, 0.717) is 26.4 Å². The van der Waals surface area contributed by atoms with Crippen molar-refractivity contribution in [3.8, 4) is 0 Å². The van der Waals surface area contributed by atoms with Crippen LogP contribution in [-0.2, 0) is 143 Å². The van der Waals surface area contributed by atoms with Crippen LogP contribution in [-0.4, -0.2) is 253 Å². The monoisotopic (exact) mass is 1450 g/mol. The Morgan fingerprint density at radius 2 is 0.333 bits per heavy atom. The van der Waals surface area contributed by atoms with E-state index in [4.69, 9.17) is 94.7 Å². The molecule has 10 fully saturated rings. The van der Waals surface area contributed by atoms with Crippen LogP contribution in [0.5, 0.6) is 0 Å². The van der Waals surface area contributed by atoms with Crippen LogP contribution in [0.3, 0.4) is 0 Å². The van der Waals surface area contributed by atoms with Crippen molar-refractivity contribution in [1.82, 2.24) is 0 Å². The van der Waals surface area contributed by atoms with Gasteiger partial charge in [-0.15, -0.1) is 0 Å². The molecule has 0 aromatic heterocycles. The van der Waals surface area contributed by atoms with Gasteiger partial charge in [-0.25, -0.2) is 0 Å². The molecular formula is C72H106O30. The summed E-state index contributed by atoms with van der Waals surface area (Å²) in [5.41, 5.74) is -18.4.